The molecule has 6 nitrogen and oxygen atoms in total. The molecule has 0 bridgehead atoms. The first kappa shape index (κ1) is 24.0. The van der Waals surface area contributed by atoms with Crippen molar-refractivity contribution in [1.82, 2.24) is 15.5 Å². The number of guanidine groups is 1. The van der Waals surface area contributed by atoms with Gasteiger partial charge in [0.2, 0.25) is 5.91 Å². The third kappa shape index (κ3) is 8.61. The predicted octanol–water partition coefficient (Wildman–Crippen LogP) is 3.08. The van der Waals surface area contributed by atoms with E-state index >= 15 is 0 Å². The highest BCUT2D eigenvalue weighted by Crippen LogP contribution is 2.21. The van der Waals surface area contributed by atoms with Gasteiger partial charge >= 0.3 is 6.18 Å². The molecule has 0 aliphatic carbocycles. The number of aliphatic imine (C=N–C) groups is 1. The third-order valence-corrected chi connectivity index (χ3v) is 4.94. The Morgan fingerprint density at radius 3 is 2.60 bits per heavy atom. The molecule has 9 heteroatoms. The minimum absolute atomic E-state index is 0.0770. The smallest absolute Gasteiger partial charge is 0.367 e. The van der Waals surface area contributed by atoms with Crippen molar-refractivity contribution < 1.29 is 22.7 Å². The molecule has 0 saturated carbocycles. The van der Waals surface area contributed by atoms with Gasteiger partial charge in [-0.05, 0) is 36.8 Å². The number of ether oxygens (including phenoxy) is 1. The van der Waals surface area contributed by atoms with E-state index in [1.807, 2.05) is 19.1 Å². The lowest BCUT2D eigenvalue weighted by molar-refractivity contribution is -0.176. The summed E-state index contributed by atoms with van der Waals surface area (Å²) in [7, 11) is 1.66. The number of nitrogens with one attached hydrogen (secondary N) is 2. The first-order chi connectivity index (χ1) is 14.3. The van der Waals surface area contributed by atoms with Crippen molar-refractivity contribution in [3.63, 3.8) is 0 Å². The summed E-state index contributed by atoms with van der Waals surface area (Å²) in [6, 6.07) is 7.26. The Bertz CT molecular complexity index is 702. The molecular weight excluding hydrogens is 397 g/mol. The zero-order chi connectivity index (χ0) is 22.0. The Morgan fingerprint density at radius 1 is 1.27 bits per heavy atom. The fourth-order valence-electron chi connectivity index (χ4n) is 3.41. The summed E-state index contributed by atoms with van der Waals surface area (Å²) >= 11 is 0. The van der Waals surface area contributed by atoms with Crippen molar-refractivity contribution in [2.75, 3.05) is 33.3 Å². The molecule has 1 aromatic rings. The van der Waals surface area contributed by atoms with Gasteiger partial charge in [-0.2, -0.15) is 13.2 Å². The van der Waals surface area contributed by atoms with Crippen LogP contribution in [0.1, 0.15) is 37.3 Å². The standard InChI is InChI=1S/C21H31F3N4O2/c1-3-26-20(28-9-7-16(8-10-28)12-19(29)25-2)27-13-17-5-4-6-18(11-17)14-30-15-21(22,23)24/h4-6,11,16H,3,7-10,12-15H2,1-2H3,(H,25,29)(H,26,27). The van der Waals surface area contributed by atoms with E-state index < -0.39 is 12.8 Å². The van der Waals surface area contributed by atoms with Gasteiger partial charge in [0.15, 0.2) is 5.96 Å². The summed E-state index contributed by atoms with van der Waals surface area (Å²) in [5, 5.41) is 5.98. The Kier molecular flexibility index (Phi) is 9.42. The van der Waals surface area contributed by atoms with Crippen LogP contribution in [0.2, 0.25) is 0 Å². The number of amides is 1. The molecule has 0 atom stereocenters. The first-order valence-corrected chi connectivity index (χ1v) is 10.3. The summed E-state index contributed by atoms with van der Waals surface area (Å²) in [6.45, 7) is 3.49. The molecule has 0 radical (unpaired) electrons. The highest BCUT2D eigenvalue weighted by atomic mass is 19.4. The third-order valence-electron chi connectivity index (χ3n) is 4.94. The Labute approximate surface area is 175 Å². The lowest BCUT2D eigenvalue weighted by Crippen LogP contribution is -2.46. The number of alkyl halides is 3. The average molecular weight is 428 g/mol. The Hall–Kier alpha value is -2.29. The van der Waals surface area contributed by atoms with E-state index in [4.69, 9.17) is 9.73 Å². The largest absolute Gasteiger partial charge is 0.411 e. The van der Waals surface area contributed by atoms with E-state index in [0.29, 0.717) is 24.4 Å². The van der Waals surface area contributed by atoms with Crippen molar-refractivity contribution >= 4 is 11.9 Å². The Balaban J connectivity index is 1.91. The van der Waals surface area contributed by atoms with Crippen LogP contribution < -0.4 is 10.6 Å². The zero-order valence-corrected chi connectivity index (χ0v) is 17.6. The molecule has 168 valence electrons. The van der Waals surface area contributed by atoms with Crippen LogP contribution in [0, 0.1) is 5.92 Å². The minimum Gasteiger partial charge on any atom is -0.367 e. The fourth-order valence-corrected chi connectivity index (χ4v) is 3.41. The normalized spacial score (nSPS) is 15.9. The van der Waals surface area contributed by atoms with Gasteiger partial charge in [-0.3, -0.25) is 4.79 Å². The number of hydrogen-bond acceptors (Lipinski definition) is 3. The molecule has 1 fully saturated rings. The molecule has 2 rings (SSSR count). The topological polar surface area (TPSA) is 66.0 Å². The van der Waals surface area contributed by atoms with Crippen LogP contribution in [0.15, 0.2) is 29.3 Å². The van der Waals surface area contributed by atoms with E-state index in [9.17, 15) is 18.0 Å². The number of hydrogen-bond donors (Lipinski definition) is 2. The van der Waals surface area contributed by atoms with Crippen molar-refractivity contribution in [3.05, 3.63) is 35.4 Å². The molecule has 0 unspecified atom stereocenters. The first-order valence-electron chi connectivity index (χ1n) is 10.3. The van der Waals surface area contributed by atoms with Crippen LogP contribution in [0.4, 0.5) is 13.2 Å². The highest BCUT2D eigenvalue weighted by molar-refractivity contribution is 5.80. The van der Waals surface area contributed by atoms with Crippen molar-refractivity contribution in [3.8, 4) is 0 Å². The Morgan fingerprint density at radius 2 is 1.97 bits per heavy atom. The second-order valence-electron chi connectivity index (χ2n) is 7.41. The second-order valence-corrected chi connectivity index (χ2v) is 7.41. The number of piperidine rings is 1. The van der Waals surface area contributed by atoms with Crippen LogP contribution in [-0.2, 0) is 22.7 Å². The second kappa shape index (κ2) is 11.8. The predicted molar refractivity (Wildman–Crippen MR) is 110 cm³/mol. The van der Waals surface area contributed by atoms with Gasteiger partial charge in [0, 0.05) is 33.1 Å². The molecule has 1 heterocycles. The molecular formula is C21H31F3N4O2. The molecule has 0 aromatic heterocycles. The van der Waals surface area contributed by atoms with Crippen LogP contribution in [0.25, 0.3) is 0 Å². The van der Waals surface area contributed by atoms with Gasteiger partial charge < -0.3 is 20.3 Å². The lowest BCUT2D eigenvalue weighted by Gasteiger charge is -2.34. The number of nitrogens with zero attached hydrogens (tertiary/aromatic N) is 2. The van der Waals surface area contributed by atoms with Crippen molar-refractivity contribution in [1.29, 1.82) is 0 Å². The fraction of sp³-hybridized carbons (Fsp3) is 0.619. The summed E-state index contributed by atoms with van der Waals surface area (Å²) < 4.78 is 41.4. The van der Waals surface area contributed by atoms with Gasteiger partial charge in [0.1, 0.15) is 6.61 Å². The maximum atomic E-state index is 12.2. The number of halogens is 3. The van der Waals surface area contributed by atoms with E-state index in [1.54, 1.807) is 19.2 Å². The van der Waals surface area contributed by atoms with Gasteiger partial charge in [-0.1, -0.05) is 24.3 Å². The quantitative estimate of drug-likeness (QED) is 0.493. The van der Waals surface area contributed by atoms with Gasteiger partial charge in [-0.25, -0.2) is 4.99 Å². The molecule has 1 aromatic carbocycles. The van der Waals surface area contributed by atoms with Crippen molar-refractivity contribution in [2.45, 2.75) is 45.5 Å². The van der Waals surface area contributed by atoms with E-state index in [-0.39, 0.29) is 12.5 Å². The minimum atomic E-state index is -4.32. The number of likely N-dealkylation sites (tertiary alicyclic amines) is 1. The number of rotatable bonds is 8. The molecule has 1 aliphatic heterocycles. The summed E-state index contributed by atoms with van der Waals surface area (Å²) in [4.78, 5) is 18.5. The summed E-state index contributed by atoms with van der Waals surface area (Å²) in [5.41, 5.74) is 1.60. The van der Waals surface area contributed by atoms with Crippen LogP contribution in [-0.4, -0.2) is 56.2 Å². The van der Waals surface area contributed by atoms with Gasteiger partial charge in [0.05, 0.1) is 13.2 Å². The molecule has 1 aliphatic rings. The van der Waals surface area contributed by atoms with Crippen molar-refractivity contribution in [2.24, 2.45) is 10.9 Å². The molecule has 2 N–H and O–H groups in total. The number of carbonyl (C=O) groups excluding carboxylic acids is 1. The number of benzene rings is 1. The molecule has 30 heavy (non-hydrogen) atoms. The molecule has 1 saturated heterocycles. The highest BCUT2D eigenvalue weighted by Gasteiger charge is 2.27. The lowest BCUT2D eigenvalue weighted by atomic mass is 9.93. The monoisotopic (exact) mass is 428 g/mol. The molecule has 0 spiro atoms. The van der Waals surface area contributed by atoms with E-state index in [1.165, 1.54) is 0 Å². The van der Waals surface area contributed by atoms with E-state index in [0.717, 1.165) is 44.0 Å². The van der Waals surface area contributed by atoms with Crippen LogP contribution in [0.3, 0.4) is 0 Å². The van der Waals surface area contributed by atoms with Crippen LogP contribution in [0.5, 0.6) is 0 Å². The maximum absolute atomic E-state index is 12.2. The van der Waals surface area contributed by atoms with Gasteiger partial charge in [0.25, 0.3) is 0 Å². The zero-order valence-electron chi connectivity index (χ0n) is 17.6. The average Bonchev–Trinajstić information content (AvgIpc) is 2.71. The SMILES string of the molecule is CCNC(=NCc1cccc(COCC(F)(F)F)c1)N1CCC(CC(=O)NC)CC1. The number of carbonyl (C=O) groups is 1. The summed E-state index contributed by atoms with van der Waals surface area (Å²) in [5.74, 6) is 1.28. The van der Waals surface area contributed by atoms with Crippen LogP contribution >= 0.6 is 0 Å². The summed E-state index contributed by atoms with van der Waals surface area (Å²) in [6.07, 6.45) is -1.90. The van der Waals surface area contributed by atoms with E-state index in [2.05, 4.69) is 15.5 Å². The maximum Gasteiger partial charge on any atom is 0.411 e. The molecule has 1 amide bonds. The van der Waals surface area contributed by atoms with Gasteiger partial charge in [-0.15, -0.1) is 0 Å².